The summed E-state index contributed by atoms with van der Waals surface area (Å²) in [6.07, 6.45) is 0.352. The number of para-hydroxylation sites is 1. The first-order valence-electron chi connectivity index (χ1n) is 12.4. The zero-order chi connectivity index (χ0) is 26.6. The summed E-state index contributed by atoms with van der Waals surface area (Å²) in [7, 11) is 1.28. The summed E-state index contributed by atoms with van der Waals surface area (Å²) in [6.45, 7) is 11.6. The molecule has 3 atom stereocenters. The second kappa shape index (κ2) is 11.7. The molecular weight excluding hydrogens is 462 g/mol. The highest BCUT2D eigenvalue weighted by molar-refractivity contribution is 6.12. The molecule has 1 aliphatic heterocycles. The van der Waals surface area contributed by atoms with Gasteiger partial charge in [0.25, 0.3) is 0 Å². The van der Waals surface area contributed by atoms with E-state index >= 15 is 0 Å². The standard InChI is InChI=1S/C28H37NO7/c1-15(2)34-12-13-35-28(32)23-18(6)29-20-14-17(5)22(27(31)33-7)26(30)25(20)24(23)19-10-8-9-11-21(19)36-16(3)4/h8-11,15-17,22,24,29H,12-14H2,1-7H3/t17-,22-,24+/m1/s1. The van der Waals surface area contributed by atoms with Crippen LogP contribution in [0.2, 0.25) is 0 Å². The fraction of sp³-hybridized carbons (Fsp3) is 0.536. The van der Waals surface area contributed by atoms with Crippen molar-refractivity contribution in [2.45, 2.75) is 66.1 Å². The van der Waals surface area contributed by atoms with Crippen molar-refractivity contribution in [3.63, 3.8) is 0 Å². The van der Waals surface area contributed by atoms with Crippen molar-refractivity contribution in [1.29, 1.82) is 0 Å². The van der Waals surface area contributed by atoms with Crippen LogP contribution in [-0.2, 0) is 28.6 Å². The van der Waals surface area contributed by atoms with Crippen LogP contribution in [0.3, 0.4) is 0 Å². The Balaban J connectivity index is 2.11. The number of Topliss-reactive ketones (excluding diaryl/α,β-unsaturated/α-hetero) is 1. The number of hydrogen-bond acceptors (Lipinski definition) is 8. The fourth-order valence-corrected chi connectivity index (χ4v) is 4.84. The van der Waals surface area contributed by atoms with Gasteiger partial charge in [-0.05, 0) is 53.0 Å². The number of carbonyl (C=O) groups is 3. The molecule has 0 radical (unpaired) electrons. The lowest BCUT2D eigenvalue weighted by Gasteiger charge is -2.38. The number of nitrogens with one attached hydrogen (secondary N) is 1. The first-order chi connectivity index (χ1) is 17.1. The van der Waals surface area contributed by atoms with Gasteiger partial charge in [-0.1, -0.05) is 25.1 Å². The highest BCUT2D eigenvalue weighted by Crippen LogP contribution is 2.47. The van der Waals surface area contributed by atoms with Crippen LogP contribution in [0.1, 0.15) is 59.4 Å². The normalized spacial score (nSPS) is 21.9. The molecule has 0 bridgehead atoms. The Labute approximate surface area is 213 Å². The van der Waals surface area contributed by atoms with Crippen molar-refractivity contribution in [1.82, 2.24) is 5.32 Å². The number of benzene rings is 1. The maximum atomic E-state index is 13.9. The number of methoxy groups -OCH3 is 1. The monoisotopic (exact) mass is 499 g/mol. The molecule has 0 unspecified atom stereocenters. The molecule has 0 fully saturated rings. The molecular formula is C28H37NO7. The Morgan fingerprint density at radius 2 is 1.78 bits per heavy atom. The summed E-state index contributed by atoms with van der Waals surface area (Å²) in [5.74, 6) is -2.89. The van der Waals surface area contributed by atoms with Gasteiger partial charge in [-0.2, -0.15) is 0 Å². The Morgan fingerprint density at radius 1 is 1.08 bits per heavy atom. The maximum Gasteiger partial charge on any atom is 0.336 e. The fourth-order valence-electron chi connectivity index (χ4n) is 4.84. The summed E-state index contributed by atoms with van der Waals surface area (Å²) in [6, 6.07) is 7.35. The lowest BCUT2D eigenvalue weighted by Crippen LogP contribution is -2.43. The van der Waals surface area contributed by atoms with Crippen molar-refractivity contribution in [2.75, 3.05) is 20.3 Å². The second-order valence-electron chi connectivity index (χ2n) is 9.80. The molecule has 8 nitrogen and oxygen atoms in total. The van der Waals surface area contributed by atoms with Gasteiger partial charge in [-0.25, -0.2) is 4.79 Å². The average molecular weight is 500 g/mol. The van der Waals surface area contributed by atoms with E-state index < -0.39 is 23.8 Å². The van der Waals surface area contributed by atoms with E-state index in [9.17, 15) is 14.4 Å². The van der Waals surface area contributed by atoms with Crippen LogP contribution < -0.4 is 10.1 Å². The van der Waals surface area contributed by atoms with E-state index in [2.05, 4.69) is 5.32 Å². The van der Waals surface area contributed by atoms with Crippen LogP contribution in [0.25, 0.3) is 0 Å². The van der Waals surface area contributed by atoms with E-state index in [4.69, 9.17) is 18.9 Å². The van der Waals surface area contributed by atoms with Crippen LogP contribution in [0, 0.1) is 11.8 Å². The van der Waals surface area contributed by atoms with Crippen molar-refractivity contribution in [3.05, 3.63) is 52.4 Å². The van der Waals surface area contributed by atoms with Crippen LogP contribution in [0.5, 0.6) is 5.75 Å². The first kappa shape index (κ1) is 27.5. The van der Waals surface area contributed by atoms with Crippen LogP contribution in [0.4, 0.5) is 0 Å². The Kier molecular flexibility index (Phi) is 8.95. The first-order valence-corrected chi connectivity index (χ1v) is 12.4. The van der Waals surface area contributed by atoms with Crippen LogP contribution in [-0.4, -0.2) is 50.3 Å². The number of ketones is 1. The summed E-state index contributed by atoms with van der Waals surface area (Å²) >= 11 is 0. The summed E-state index contributed by atoms with van der Waals surface area (Å²) in [5.41, 5.74) is 2.65. The van der Waals surface area contributed by atoms with Crippen molar-refractivity contribution < 1.29 is 33.3 Å². The molecule has 0 saturated carbocycles. The smallest absolute Gasteiger partial charge is 0.336 e. The predicted molar refractivity (Wildman–Crippen MR) is 134 cm³/mol. The van der Waals surface area contributed by atoms with E-state index in [-0.39, 0.29) is 37.1 Å². The zero-order valence-corrected chi connectivity index (χ0v) is 22.2. The Hall–Kier alpha value is -3.13. The third kappa shape index (κ3) is 5.81. The number of hydrogen-bond donors (Lipinski definition) is 1. The van der Waals surface area contributed by atoms with Gasteiger partial charge < -0.3 is 24.3 Å². The molecule has 0 saturated heterocycles. The molecule has 0 amide bonds. The molecule has 8 heteroatoms. The van der Waals surface area contributed by atoms with E-state index in [0.717, 1.165) is 0 Å². The minimum absolute atomic E-state index is 0.0126. The molecule has 0 spiro atoms. The molecule has 2 aliphatic rings. The predicted octanol–water partition coefficient (Wildman–Crippen LogP) is 4.06. The van der Waals surface area contributed by atoms with E-state index in [1.54, 1.807) is 6.92 Å². The third-order valence-electron chi connectivity index (χ3n) is 6.32. The number of rotatable bonds is 9. The van der Waals surface area contributed by atoms with Crippen LogP contribution >= 0.6 is 0 Å². The highest BCUT2D eigenvalue weighted by atomic mass is 16.6. The molecule has 1 aromatic carbocycles. The van der Waals surface area contributed by atoms with Gasteiger partial charge in [0.1, 0.15) is 18.3 Å². The van der Waals surface area contributed by atoms with Crippen molar-refractivity contribution in [3.8, 4) is 5.75 Å². The van der Waals surface area contributed by atoms with E-state index in [0.29, 0.717) is 40.3 Å². The van der Waals surface area contributed by atoms with Gasteiger partial charge in [0, 0.05) is 22.5 Å². The minimum atomic E-state index is -0.952. The molecule has 1 heterocycles. The second-order valence-corrected chi connectivity index (χ2v) is 9.80. The molecule has 1 N–H and O–H groups in total. The Bertz CT molecular complexity index is 1070. The van der Waals surface area contributed by atoms with Gasteiger partial charge in [0.2, 0.25) is 0 Å². The third-order valence-corrected chi connectivity index (χ3v) is 6.32. The average Bonchev–Trinajstić information content (AvgIpc) is 2.80. The van der Waals surface area contributed by atoms with E-state index in [1.807, 2.05) is 58.9 Å². The number of esters is 2. The number of ether oxygens (including phenoxy) is 4. The maximum absolute atomic E-state index is 13.9. The quantitative estimate of drug-likeness (QED) is 0.309. The molecule has 36 heavy (non-hydrogen) atoms. The van der Waals surface area contributed by atoms with Crippen molar-refractivity contribution in [2.24, 2.45) is 11.8 Å². The van der Waals surface area contributed by atoms with Gasteiger partial charge in [-0.15, -0.1) is 0 Å². The summed E-state index contributed by atoms with van der Waals surface area (Å²) in [5, 5.41) is 3.27. The molecule has 196 valence electrons. The molecule has 0 aromatic heterocycles. The summed E-state index contributed by atoms with van der Waals surface area (Å²) in [4.78, 5) is 39.9. The Morgan fingerprint density at radius 3 is 2.42 bits per heavy atom. The van der Waals surface area contributed by atoms with Gasteiger partial charge in [-0.3, -0.25) is 9.59 Å². The zero-order valence-electron chi connectivity index (χ0n) is 22.2. The number of allylic oxidation sites excluding steroid dienone is 3. The SMILES string of the molecule is COC(=O)[C@H]1C(=O)C2=C(C[C@H]1C)NC(C)=C(C(=O)OCCOC(C)C)[C@@H]2c1ccccc1OC(C)C. The summed E-state index contributed by atoms with van der Waals surface area (Å²) < 4.78 is 22.1. The van der Waals surface area contributed by atoms with Gasteiger partial charge in [0.15, 0.2) is 5.78 Å². The topological polar surface area (TPSA) is 100 Å². The van der Waals surface area contributed by atoms with Crippen molar-refractivity contribution >= 4 is 17.7 Å². The lowest BCUT2D eigenvalue weighted by atomic mass is 9.69. The molecule has 3 rings (SSSR count). The highest BCUT2D eigenvalue weighted by Gasteiger charge is 2.47. The molecule has 1 aromatic rings. The van der Waals surface area contributed by atoms with Gasteiger partial charge in [0.05, 0.1) is 37.4 Å². The number of dihydropyridines is 1. The van der Waals surface area contributed by atoms with Gasteiger partial charge >= 0.3 is 11.9 Å². The van der Waals surface area contributed by atoms with E-state index in [1.165, 1.54) is 7.11 Å². The minimum Gasteiger partial charge on any atom is -0.491 e. The largest absolute Gasteiger partial charge is 0.491 e. The number of carbonyl (C=O) groups excluding carboxylic acids is 3. The van der Waals surface area contributed by atoms with Crippen LogP contribution in [0.15, 0.2) is 46.8 Å². The molecule has 1 aliphatic carbocycles. The lowest BCUT2D eigenvalue weighted by molar-refractivity contribution is -0.151.